The van der Waals surface area contributed by atoms with Gasteiger partial charge in [0.15, 0.2) is 5.60 Å². The van der Waals surface area contributed by atoms with E-state index in [1.165, 1.54) is 0 Å². The molecule has 5 heteroatoms. The predicted molar refractivity (Wildman–Crippen MR) is 33.1 cm³/mol. The first-order valence-electron chi connectivity index (χ1n) is 3.45. The van der Waals surface area contributed by atoms with Crippen LogP contribution in [0.3, 0.4) is 0 Å². The fourth-order valence-corrected chi connectivity index (χ4v) is 1.13. The van der Waals surface area contributed by atoms with Crippen molar-refractivity contribution < 1.29 is 18.3 Å². The van der Waals surface area contributed by atoms with E-state index in [4.69, 9.17) is 5.11 Å². The lowest BCUT2D eigenvalue weighted by Gasteiger charge is -2.34. The highest BCUT2D eigenvalue weighted by atomic mass is 19.4. The number of rotatable bonds is 0. The Morgan fingerprint density at radius 2 is 2.00 bits per heavy atom. The zero-order chi connectivity index (χ0) is 8.54. The summed E-state index contributed by atoms with van der Waals surface area (Å²) in [5.74, 6) is 0. The van der Waals surface area contributed by atoms with Crippen molar-refractivity contribution in [3.63, 3.8) is 0 Å². The summed E-state index contributed by atoms with van der Waals surface area (Å²) in [6.07, 6.45) is -4.32. The maximum atomic E-state index is 12.0. The average molecular weight is 169 g/mol. The third-order valence-corrected chi connectivity index (χ3v) is 1.89. The zero-order valence-corrected chi connectivity index (χ0v) is 5.91. The number of hydrogen-bond donors (Lipinski definition) is 2. The van der Waals surface area contributed by atoms with Gasteiger partial charge >= 0.3 is 6.18 Å². The normalized spacial score (nSPS) is 33.8. The van der Waals surface area contributed by atoms with Crippen LogP contribution in [0.25, 0.3) is 0 Å². The first kappa shape index (κ1) is 8.80. The number of aliphatic hydroxyl groups is 1. The molecule has 0 amide bonds. The van der Waals surface area contributed by atoms with Gasteiger partial charge in [-0.1, -0.05) is 0 Å². The summed E-state index contributed by atoms with van der Waals surface area (Å²) < 4.78 is 36.1. The molecule has 11 heavy (non-hydrogen) atoms. The van der Waals surface area contributed by atoms with Crippen molar-refractivity contribution in [2.24, 2.45) is 0 Å². The maximum absolute atomic E-state index is 12.0. The Bertz CT molecular complexity index is 139. The molecule has 1 aliphatic heterocycles. The van der Waals surface area contributed by atoms with E-state index in [1.807, 2.05) is 0 Å². The molecular weight excluding hydrogens is 159 g/mol. The van der Waals surface area contributed by atoms with Gasteiger partial charge in [0.25, 0.3) is 0 Å². The molecule has 0 saturated carbocycles. The highest BCUT2D eigenvalue weighted by Crippen LogP contribution is 2.34. The van der Waals surface area contributed by atoms with E-state index < -0.39 is 11.8 Å². The summed E-state index contributed by atoms with van der Waals surface area (Å²) >= 11 is 0. The van der Waals surface area contributed by atoms with Crippen LogP contribution < -0.4 is 5.32 Å². The molecule has 1 saturated heterocycles. The Balaban J connectivity index is 2.64. The predicted octanol–water partition coefficient (Wildman–Crippen LogP) is 0.663. The van der Waals surface area contributed by atoms with E-state index in [0.29, 0.717) is 13.0 Å². The van der Waals surface area contributed by atoms with Gasteiger partial charge < -0.3 is 10.4 Å². The summed E-state index contributed by atoms with van der Waals surface area (Å²) in [6.45, 7) is 0.175. The second-order valence-electron chi connectivity index (χ2n) is 2.81. The molecule has 0 aromatic heterocycles. The van der Waals surface area contributed by atoms with E-state index in [2.05, 4.69) is 5.32 Å². The molecule has 0 aliphatic carbocycles. The Hall–Kier alpha value is -0.290. The molecule has 0 bridgehead atoms. The molecule has 2 N–H and O–H groups in total. The lowest BCUT2D eigenvalue weighted by Crippen LogP contribution is -2.55. The topological polar surface area (TPSA) is 32.3 Å². The van der Waals surface area contributed by atoms with Crippen LogP contribution in [-0.4, -0.2) is 30.0 Å². The van der Waals surface area contributed by atoms with Crippen LogP contribution in [0.2, 0.25) is 0 Å². The van der Waals surface area contributed by atoms with Crippen molar-refractivity contribution in [3.8, 4) is 0 Å². The van der Waals surface area contributed by atoms with Crippen molar-refractivity contribution in [1.29, 1.82) is 0 Å². The number of alkyl halides is 3. The van der Waals surface area contributed by atoms with Gasteiger partial charge in [0, 0.05) is 6.54 Å². The van der Waals surface area contributed by atoms with Crippen molar-refractivity contribution in [3.05, 3.63) is 0 Å². The van der Waals surface area contributed by atoms with Crippen LogP contribution in [0.4, 0.5) is 13.2 Å². The summed E-state index contributed by atoms with van der Waals surface area (Å²) in [5, 5.41) is 11.5. The minimum atomic E-state index is -4.50. The van der Waals surface area contributed by atoms with Crippen LogP contribution in [-0.2, 0) is 0 Å². The largest absolute Gasteiger partial charge is 0.418 e. The number of piperidine rings is 1. The first-order chi connectivity index (χ1) is 4.96. The Labute approximate surface area is 62.4 Å². The molecule has 1 atom stereocenters. The fourth-order valence-electron chi connectivity index (χ4n) is 1.13. The van der Waals surface area contributed by atoms with Crippen LogP contribution in [0.5, 0.6) is 0 Å². The SMILES string of the molecule is OC1(C(F)(F)F)CCCNC1. The lowest BCUT2D eigenvalue weighted by atomic mass is 9.94. The Kier molecular flexibility index (Phi) is 2.11. The Morgan fingerprint density at radius 1 is 1.36 bits per heavy atom. The van der Waals surface area contributed by atoms with E-state index in [0.717, 1.165) is 0 Å². The standard InChI is InChI=1S/C6H10F3NO/c7-6(8,9)5(11)2-1-3-10-4-5/h10-11H,1-4H2. The van der Waals surface area contributed by atoms with E-state index in [-0.39, 0.29) is 13.0 Å². The molecule has 1 aliphatic rings. The van der Waals surface area contributed by atoms with Crippen molar-refractivity contribution in [1.82, 2.24) is 5.32 Å². The van der Waals surface area contributed by atoms with E-state index in [1.54, 1.807) is 0 Å². The molecule has 2 nitrogen and oxygen atoms in total. The average Bonchev–Trinajstić information content (AvgIpc) is 1.87. The fraction of sp³-hybridized carbons (Fsp3) is 1.00. The molecule has 1 unspecified atom stereocenters. The van der Waals surface area contributed by atoms with Crippen LogP contribution in [0.1, 0.15) is 12.8 Å². The van der Waals surface area contributed by atoms with Gasteiger partial charge in [0.05, 0.1) is 0 Å². The van der Waals surface area contributed by atoms with Gasteiger partial charge in [-0.05, 0) is 19.4 Å². The molecule has 1 heterocycles. The number of nitrogens with one attached hydrogen (secondary N) is 1. The quantitative estimate of drug-likeness (QED) is 0.558. The number of hydrogen-bond acceptors (Lipinski definition) is 2. The molecule has 1 fully saturated rings. The summed E-state index contributed by atoms with van der Waals surface area (Å²) in [7, 11) is 0. The van der Waals surface area contributed by atoms with Gasteiger partial charge in [0.2, 0.25) is 0 Å². The molecule has 0 aromatic rings. The summed E-state index contributed by atoms with van der Waals surface area (Å²) in [4.78, 5) is 0. The van der Waals surface area contributed by atoms with Crippen molar-refractivity contribution in [2.45, 2.75) is 24.6 Å². The number of halogens is 3. The van der Waals surface area contributed by atoms with Gasteiger partial charge in [-0.15, -0.1) is 0 Å². The smallest absolute Gasteiger partial charge is 0.379 e. The van der Waals surface area contributed by atoms with Gasteiger partial charge in [0.1, 0.15) is 0 Å². The number of β-amino-alcohol motifs (C(OH)–C–C–N with tert-alkyl or cyclic N) is 1. The molecule has 0 radical (unpaired) electrons. The lowest BCUT2D eigenvalue weighted by molar-refractivity contribution is -0.264. The van der Waals surface area contributed by atoms with Gasteiger partial charge in [-0.2, -0.15) is 13.2 Å². The van der Waals surface area contributed by atoms with Gasteiger partial charge in [-0.3, -0.25) is 0 Å². The zero-order valence-electron chi connectivity index (χ0n) is 5.91. The van der Waals surface area contributed by atoms with E-state index >= 15 is 0 Å². The second-order valence-corrected chi connectivity index (χ2v) is 2.81. The summed E-state index contributed by atoms with van der Waals surface area (Å²) in [5.41, 5.74) is -2.49. The van der Waals surface area contributed by atoms with E-state index in [9.17, 15) is 13.2 Å². The first-order valence-corrected chi connectivity index (χ1v) is 3.45. The minimum Gasteiger partial charge on any atom is -0.379 e. The molecular formula is C6H10F3NO. The molecule has 0 aromatic carbocycles. The van der Waals surface area contributed by atoms with Gasteiger partial charge in [-0.25, -0.2) is 0 Å². The Morgan fingerprint density at radius 3 is 2.27 bits per heavy atom. The highest BCUT2D eigenvalue weighted by molar-refractivity contribution is 4.91. The van der Waals surface area contributed by atoms with Crippen LogP contribution in [0, 0.1) is 0 Å². The molecule has 0 spiro atoms. The van der Waals surface area contributed by atoms with Crippen molar-refractivity contribution >= 4 is 0 Å². The van der Waals surface area contributed by atoms with Crippen molar-refractivity contribution in [2.75, 3.05) is 13.1 Å². The second kappa shape index (κ2) is 2.64. The third kappa shape index (κ3) is 1.65. The minimum absolute atomic E-state index is 0.191. The third-order valence-electron chi connectivity index (χ3n) is 1.89. The maximum Gasteiger partial charge on any atom is 0.418 e. The molecule has 66 valence electrons. The molecule has 1 rings (SSSR count). The highest BCUT2D eigenvalue weighted by Gasteiger charge is 2.53. The summed E-state index contributed by atoms with van der Waals surface area (Å²) in [6, 6.07) is 0. The monoisotopic (exact) mass is 169 g/mol. The van der Waals surface area contributed by atoms with Crippen LogP contribution in [0.15, 0.2) is 0 Å². The van der Waals surface area contributed by atoms with Crippen LogP contribution >= 0.6 is 0 Å².